The summed E-state index contributed by atoms with van der Waals surface area (Å²) in [4.78, 5) is 25.9. The van der Waals surface area contributed by atoms with Gasteiger partial charge in [0.15, 0.2) is 5.06 Å². The van der Waals surface area contributed by atoms with Crippen LogP contribution in [0.25, 0.3) is 32.1 Å². The number of aromatic nitrogens is 1. The third-order valence-corrected chi connectivity index (χ3v) is 6.67. The first-order chi connectivity index (χ1) is 14.5. The number of para-hydroxylation sites is 1. The zero-order chi connectivity index (χ0) is 21.0. The molecule has 150 valence electrons. The quantitative estimate of drug-likeness (QED) is 0.343. The number of ether oxygens (including phenoxy) is 2. The molecule has 6 heteroatoms. The number of carbonyl (C=O) groups excluding carboxylic acids is 2. The Morgan fingerprint density at radius 2 is 1.57 bits per heavy atom. The molecule has 4 aromatic rings. The number of thiophene rings is 1. The topological polar surface area (TPSA) is 57.5 Å². The van der Waals surface area contributed by atoms with E-state index in [1.807, 2.05) is 74.0 Å². The second-order valence-corrected chi connectivity index (χ2v) is 8.17. The number of hydrogen-bond acceptors (Lipinski definition) is 5. The van der Waals surface area contributed by atoms with Crippen molar-refractivity contribution >= 4 is 55.4 Å². The molecule has 1 aliphatic rings. The summed E-state index contributed by atoms with van der Waals surface area (Å²) in [6.07, 6.45) is 0. The highest BCUT2D eigenvalue weighted by Gasteiger charge is 2.40. The molecule has 0 bridgehead atoms. The second-order valence-electron chi connectivity index (χ2n) is 7.16. The van der Waals surface area contributed by atoms with Crippen LogP contribution in [0.4, 0.5) is 0 Å². The van der Waals surface area contributed by atoms with Crippen LogP contribution in [-0.2, 0) is 21.4 Å². The van der Waals surface area contributed by atoms with E-state index >= 15 is 0 Å². The smallest absolute Gasteiger partial charge is 0.347 e. The van der Waals surface area contributed by atoms with E-state index in [1.165, 1.54) is 11.3 Å². The van der Waals surface area contributed by atoms with E-state index in [0.717, 1.165) is 32.2 Å². The van der Waals surface area contributed by atoms with Crippen LogP contribution in [0.5, 0.6) is 5.06 Å². The predicted molar refractivity (Wildman–Crippen MR) is 119 cm³/mol. The van der Waals surface area contributed by atoms with Crippen molar-refractivity contribution in [2.75, 3.05) is 6.61 Å². The van der Waals surface area contributed by atoms with E-state index in [0.29, 0.717) is 22.8 Å². The largest absolute Gasteiger partial charge is 0.484 e. The standard InChI is InChI=1S/C24H19NO4S/c1-4-28-24-19(15-10-6-8-12-17(15)30-24)21-20(22(26)29-23(21)27)18-13(2)25(3)16-11-7-5-9-14(16)18/h5-12H,4H2,1-3H3. The average molecular weight is 417 g/mol. The van der Waals surface area contributed by atoms with Gasteiger partial charge in [0.2, 0.25) is 0 Å². The molecule has 0 amide bonds. The normalized spacial score (nSPS) is 14.2. The first-order valence-electron chi connectivity index (χ1n) is 9.72. The number of aryl methyl sites for hydroxylation is 1. The van der Waals surface area contributed by atoms with Gasteiger partial charge in [0.05, 0.1) is 23.3 Å². The highest BCUT2D eigenvalue weighted by molar-refractivity contribution is 7.21. The molecule has 0 unspecified atom stereocenters. The number of esters is 2. The molecule has 5 nitrogen and oxygen atoms in total. The van der Waals surface area contributed by atoms with Gasteiger partial charge in [-0.15, -0.1) is 0 Å². The van der Waals surface area contributed by atoms with Crippen molar-refractivity contribution in [1.82, 2.24) is 4.57 Å². The van der Waals surface area contributed by atoms with Crippen molar-refractivity contribution in [1.29, 1.82) is 0 Å². The van der Waals surface area contributed by atoms with Crippen molar-refractivity contribution in [2.24, 2.45) is 7.05 Å². The zero-order valence-electron chi connectivity index (χ0n) is 16.8. The van der Waals surface area contributed by atoms with Crippen molar-refractivity contribution in [3.63, 3.8) is 0 Å². The number of cyclic esters (lactones) is 2. The molecule has 30 heavy (non-hydrogen) atoms. The molecule has 2 aromatic heterocycles. The summed E-state index contributed by atoms with van der Waals surface area (Å²) in [6, 6.07) is 15.6. The van der Waals surface area contributed by atoms with Gasteiger partial charge in [-0.2, -0.15) is 0 Å². The van der Waals surface area contributed by atoms with Crippen molar-refractivity contribution in [3.8, 4) is 5.06 Å². The van der Waals surface area contributed by atoms with Crippen LogP contribution in [0.2, 0.25) is 0 Å². The predicted octanol–water partition coefficient (Wildman–Crippen LogP) is 5.09. The number of fused-ring (bicyclic) bond motifs is 2. The molecule has 3 heterocycles. The van der Waals surface area contributed by atoms with E-state index in [4.69, 9.17) is 9.47 Å². The van der Waals surface area contributed by atoms with Gasteiger partial charge >= 0.3 is 11.9 Å². The van der Waals surface area contributed by atoms with E-state index in [2.05, 4.69) is 0 Å². The third kappa shape index (κ3) is 2.53. The molecule has 0 saturated carbocycles. The average Bonchev–Trinajstić information content (AvgIpc) is 3.32. The molecule has 0 spiro atoms. The summed E-state index contributed by atoms with van der Waals surface area (Å²) in [5, 5.41) is 2.41. The summed E-state index contributed by atoms with van der Waals surface area (Å²) < 4.78 is 14.1. The molecule has 1 aliphatic heterocycles. The minimum Gasteiger partial charge on any atom is -0.484 e. The number of hydrogen-bond donors (Lipinski definition) is 0. The molecule has 5 rings (SSSR count). The maximum Gasteiger partial charge on any atom is 0.347 e. The van der Waals surface area contributed by atoms with E-state index in [1.54, 1.807) is 0 Å². The molecule has 0 fully saturated rings. The minimum atomic E-state index is -0.633. The van der Waals surface area contributed by atoms with Gasteiger partial charge in [-0.1, -0.05) is 47.7 Å². The molecular weight excluding hydrogens is 398 g/mol. The van der Waals surface area contributed by atoms with Gasteiger partial charge in [0, 0.05) is 39.3 Å². The van der Waals surface area contributed by atoms with Crippen LogP contribution in [0.3, 0.4) is 0 Å². The SMILES string of the molecule is CCOc1sc2ccccc2c1C1=C(c2c(C)n(C)c3ccccc23)C(=O)OC1=O. The fraction of sp³-hybridized carbons (Fsp3) is 0.167. The Morgan fingerprint density at radius 3 is 2.30 bits per heavy atom. The second kappa shape index (κ2) is 6.85. The molecule has 0 saturated heterocycles. The van der Waals surface area contributed by atoms with Crippen molar-refractivity contribution in [2.45, 2.75) is 13.8 Å². The summed E-state index contributed by atoms with van der Waals surface area (Å²) in [7, 11) is 1.95. The van der Waals surface area contributed by atoms with Crippen LogP contribution >= 0.6 is 11.3 Å². The summed E-state index contributed by atoms with van der Waals surface area (Å²) in [5.74, 6) is -1.25. The first kappa shape index (κ1) is 18.6. The molecule has 0 aliphatic carbocycles. The van der Waals surface area contributed by atoms with Crippen LogP contribution in [-0.4, -0.2) is 23.1 Å². The number of rotatable bonds is 4. The molecule has 0 atom stereocenters. The first-order valence-corrected chi connectivity index (χ1v) is 10.5. The lowest BCUT2D eigenvalue weighted by atomic mass is 9.94. The highest BCUT2D eigenvalue weighted by atomic mass is 32.1. The van der Waals surface area contributed by atoms with Gasteiger partial charge in [-0.05, 0) is 26.0 Å². The Bertz CT molecular complexity index is 1390. The molecule has 0 N–H and O–H groups in total. The maximum atomic E-state index is 13.0. The Kier molecular flexibility index (Phi) is 4.25. The van der Waals surface area contributed by atoms with Gasteiger partial charge in [0.1, 0.15) is 0 Å². The molecular formula is C24H19NO4S. The van der Waals surface area contributed by atoms with Crippen LogP contribution < -0.4 is 4.74 Å². The van der Waals surface area contributed by atoms with E-state index < -0.39 is 11.9 Å². The molecule has 2 aromatic carbocycles. The van der Waals surface area contributed by atoms with Crippen molar-refractivity contribution in [3.05, 3.63) is 65.4 Å². The zero-order valence-corrected chi connectivity index (χ0v) is 17.6. The summed E-state index contributed by atoms with van der Waals surface area (Å²) >= 11 is 1.47. The van der Waals surface area contributed by atoms with Crippen LogP contribution in [0, 0.1) is 6.92 Å². The maximum absolute atomic E-state index is 13.0. The Morgan fingerprint density at radius 1 is 0.933 bits per heavy atom. The number of benzene rings is 2. The van der Waals surface area contributed by atoms with Gasteiger partial charge in [0.25, 0.3) is 0 Å². The monoisotopic (exact) mass is 417 g/mol. The van der Waals surface area contributed by atoms with Crippen molar-refractivity contribution < 1.29 is 19.1 Å². The molecule has 0 radical (unpaired) electrons. The highest BCUT2D eigenvalue weighted by Crippen LogP contribution is 2.48. The lowest BCUT2D eigenvalue weighted by molar-refractivity contribution is -0.149. The van der Waals surface area contributed by atoms with Crippen LogP contribution in [0.15, 0.2) is 48.5 Å². The van der Waals surface area contributed by atoms with Gasteiger partial charge in [-0.25, -0.2) is 9.59 Å². The Hall–Kier alpha value is -3.38. The van der Waals surface area contributed by atoms with Gasteiger partial charge < -0.3 is 14.0 Å². The lowest BCUT2D eigenvalue weighted by Gasteiger charge is -2.07. The lowest BCUT2D eigenvalue weighted by Crippen LogP contribution is -2.02. The number of nitrogens with zero attached hydrogens (tertiary/aromatic N) is 1. The Labute approximate surface area is 177 Å². The minimum absolute atomic E-state index is 0.278. The van der Waals surface area contributed by atoms with Gasteiger partial charge in [-0.3, -0.25) is 0 Å². The van der Waals surface area contributed by atoms with E-state index in [9.17, 15) is 9.59 Å². The van der Waals surface area contributed by atoms with E-state index in [-0.39, 0.29) is 5.57 Å². The number of carbonyl (C=O) groups is 2. The van der Waals surface area contributed by atoms with Crippen LogP contribution in [0.1, 0.15) is 23.7 Å². The summed E-state index contributed by atoms with van der Waals surface area (Å²) in [5.41, 5.74) is 3.84. The fourth-order valence-corrected chi connectivity index (χ4v) is 5.29. The fourth-order valence-electron chi connectivity index (χ4n) is 4.17. The Balaban J connectivity index is 1.91. The third-order valence-electron chi connectivity index (χ3n) is 5.58. The summed E-state index contributed by atoms with van der Waals surface area (Å²) in [6.45, 7) is 4.31.